The number of rotatable bonds is 1. The molecule has 0 saturated carbocycles. The molecule has 0 bridgehead atoms. The van der Waals surface area contributed by atoms with Gasteiger partial charge in [0.2, 0.25) is 0 Å². The third kappa shape index (κ3) is 1.75. The lowest BCUT2D eigenvalue weighted by Crippen LogP contribution is -2.25. The second-order valence-electron chi connectivity index (χ2n) is 4.34. The molecule has 2 aromatic heterocycles. The molecule has 0 amide bonds. The highest BCUT2D eigenvalue weighted by atomic mass is 32.1. The quantitative estimate of drug-likeness (QED) is 0.773. The van der Waals surface area contributed by atoms with Crippen molar-refractivity contribution in [3.05, 3.63) is 17.8 Å². The molecule has 0 aliphatic carbocycles. The van der Waals surface area contributed by atoms with Crippen molar-refractivity contribution in [2.75, 3.05) is 11.4 Å². The summed E-state index contributed by atoms with van der Waals surface area (Å²) in [6.07, 6.45) is 4.04. The van der Waals surface area contributed by atoms with E-state index >= 15 is 0 Å². The maximum atomic E-state index is 8.84. The van der Waals surface area contributed by atoms with Gasteiger partial charge in [0.1, 0.15) is 6.07 Å². The summed E-state index contributed by atoms with van der Waals surface area (Å²) in [5.41, 5.74) is 1.35. The van der Waals surface area contributed by atoms with Crippen LogP contribution in [0, 0.1) is 11.3 Å². The van der Waals surface area contributed by atoms with Crippen LogP contribution in [-0.4, -0.2) is 22.6 Å². The minimum absolute atomic E-state index is 0.561. The maximum absolute atomic E-state index is 8.84. The van der Waals surface area contributed by atoms with E-state index in [0.29, 0.717) is 11.6 Å². The summed E-state index contributed by atoms with van der Waals surface area (Å²) in [6.45, 7) is 3.30. The minimum Gasteiger partial charge on any atom is -0.345 e. The van der Waals surface area contributed by atoms with Gasteiger partial charge < -0.3 is 4.90 Å². The summed E-state index contributed by atoms with van der Waals surface area (Å²) in [7, 11) is 0. The normalized spacial score (nSPS) is 19.8. The van der Waals surface area contributed by atoms with E-state index in [2.05, 4.69) is 27.9 Å². The summed E-state index contributed by atoms with van der Waals surface area (Å²) in [5, 5.41) is 9.88. The van der Waals surface area contributed by atoms with E-state index in [9.17, 15) is 0 Å². The molecule has 1 aliphatic heterocycles. The summed E-state index contributed by atoms with van der Waals surface area (Å²) < 4.78 is 0.998. The van der Waals surface area contributed by atoms with Gasteiger partial charge in [-0.05, 0) is 25.8 Å². The Kier molecular flexibility index (Phi) is 2.45. The van der Waals surface area contributed by atoms with Gasteiger partial charge in [0, 0.05) is 18.8 Å². The largest absolute Gasteiger partial charge is 0.345 e. The number of pyridine rings is 1. The van der Waals surface area contributed by atoms with Gasteiger partial charge in [-0.3, -0.25) is 0 Å². The molecule has 17 heavy (non-hydrogen) atoms. The molecule has 2 aromatic rings. The molecule has 4 nitrogen and oxygen atoms in total. The van der Waals surface area contributed by atoms with Crippen LogP contribution in [0.5, 0.6) is 0 Å². The Morgan fingerprint density at radius 3 is 3.18 bits per heavy atom. The van der Waals surface area contributed by atoms with E-state index < -0.39 is 0 Å². The lowest BCUT2D eigenvalue weighted by atomic mass is 10.2. The fourth-order valence-electron chi connectivity index (χ4n) is 2.21. The Hall–Kier alpha value is -1.67. The molecule has 3 heterocycles. The van der Waals surface area contributed by atoms with E-state index in [1.807, 2.05) is 6.07 Å². The van der Waals surface area contributed by atoms with Crippen LogP contribution < -0.4 is 4.90 Å². The maximum Gasteiger partial charge on any atom is 0.188 e. The summed E-state index contributed by atoms with van der Waals surface area (Å²) in [6, 6.07) is 4.54. The van der Waals surface area contributed by atoms with Gasteiger partial charge in [0.25, 0.3) is 0 Å². The molecule has 86 valence electrons. The van der Waals surface area contributed by atoms with Crippen molar-refractivity contribution in [3.8, 4) is 6.07 Å². The SMILES string of the molecule is C[C@H]1CCCN1c1nc2ncc(C#N)cc2s1. The zero-order valence-corrected chi connectivity index (χ0v) is 10.4. The highest BCUT2D eigenvalue weighted by Crippen LogP contribution is 2.32. The second-order valence-corrected chi connectivity index (χ2v) is 5.35. The number of nitrogens with zero attached hydrogens (tertiary/aromatic N) is 4. The van der Waals surface area contributed by atoms with E-state index in [1.165, 1.54) is 12.8 Å². The predicted molar refractivity (Wildman–Crippen MR) is 68.2 cm³/mol. The van der Waals surface area contributed by atoms with Crippen LogP contribution >= 0.6 is 11.3 Å². The monoisotopic (exact) mass is 244 g/mol. The van der Waals surface area contributed by atoms with Crippen LogP contribution in [0.2, 0.25) is 0 Å². The number of anilines is 1. The molecule has 0 spiro atoms. The zero-order chi connectivity index (χ0) is 11.8. The van der Waals surface area contributed by atoms with Crippen molar-refractivity contribution in [2.45, 2.75) is 25.8 Å². The minimum atomic E-state index is 0.561. The van der Waals surface area contributed by atoms with Gasteiger partial charge in [-0.15, -0.1) is 0 Å². The molecular formula is C12H12N4S. The van der Waals surface area contributed by atoms with Crippen LogP contribution in [0.1, 0.15) is 25.3 Å². The van der Waals surface area contributed by atoms with Gasteiger partial charge in [-0.1, -0.05) is 11.3 Å². The lowest BCUT2D eigenvalue weighted by molar-refractivity contribution is 0.733. The number of fused-ring (bicyclic) bond motifs is 1. The van der Waals surface area contributed by atoms with Crippen LogP contribution in [-0.2, 0) is 0 Å². The molecule has 1 saturated heterocycles. The number of hydrogen-bond acceptors (Lipinski definition) is 5. The fourth-order valence-corrected chi connectivity index (χ4v) is 3.30. The highest BCUT2D eigenvalue weighted by Gasteiger charge is 2.23. The van der Waals surface area contributed by atoms with Crippen LogP contribution in [0.25, 0.3) is 10.3 Å². The van der Waals surface area contributed by atoms with Crippen LogP contribution in [0.4, 0.5) is 5.13 Å². The van der Waals surface area contributed by atoms with Crippen molar-refractivity contribution in [3.63, 3.8) is 0 Å². The van der Waals surface area contributed by atoms with E-state index in [0.717, 1.165) is 22.0 Å². The number of hydrogen-bond donors (Lipinski definition) is 0. The summed E-state index contributed by atoms with van der Waals surface area (Å²) >= 11 is 1.63. The standard InChI is InChI=1S/C12H12N4S/c1-8-3-2-4-16(8)12-15-11-10(17-12)5-9(6-13)7-14-11/h5,7-8H,2-4H2,1H3/t8-/m0/s1. The van der Waals surface area contributed by atoms with Gasteiger partial charge in [0.15, 0.2) is 10.8 Å². The first-order valence-corrected chi connectivity index (χ1v) is 6.53. The van der Waals surface area contributed by atoms with Crippen molar-refractivity contribution in [2.24, 2.45) is 0 Å². The number of thiazole rings is 1. The van der Waals surface area contributed by atoms with Crippen molar-refractivity contribution >= 4 is 26.8 Å². The van der Waals surface area contributed by atoms with Crippen molar-refractivity contribution in [1.29, 1.82) is 5.26 Å². The van der Waals surface area contributed by atoms with Crippen LogP contribution in [0.3, 0.4) is 0 Å². The molecular weight excluding hydrogens is 232 g/mol. The highest BCUT2D eigenvalue weighted by molar-refractivity contribution is 7.22. The Labute approximate surface area is 104 Å². The van der Waals surface area contributed by atoms with Crippen molar-refractivity contribution in [1.82, 2.24) is 9.97 Å². The molecule has 0 N–H and O–H groups in total. The van der Waals surface area contributed by atoms with E-state index in [4.69, 9.17) is 5.26 Å². The fraction of sp³-hybridized carbons (Fsp3) is 0.417. The van der Waals surface area contributed by atoms with Gasteiger partial charge in [-0.25, -0.2) is 4.98 Å². The topological polar surface area (TPSA) is 52.8 Å². The Balaban J connectivity index is 2.04. The Morgan fingerprint density at radius 1 is 1.59 bits per heavy atom. The third-order valence-electron chi connectivity index (χ3n) is 3.16. The summed E-state index contributed by atoms with van der Waals surface area (Å²) in [5.74, 6) is 0. The molecule has 0 unspecified atom stereocenters. The van der Waals surface area contributed by atoms with E-state index in [-0.39, 0.29) is 0 Å². The molecule has 5 heteroatoms. The predicted octanol–water partition coefficient (Wildman–Crippen LogP) is 2.55. The average molecular weight is 244 g/mol. The molecule has 3 rings (SSSR count). The summed E-state index contributed by atoms with van der Waals surface area (Å²) in [4.78, 5) is 11.1. The second kappa shape index (κ2) is 3.97. The molecule has 0 radical (unpaired) electrons. The van der Waals surface area contributed by atoms with Gasteiger partial charge >= 0.3 is 0 Å². The van der Waals surface area contributed by atoms with Crippen LogP contribution in [0.15, 0.2) is 12.3 Å². The molecule has 0 aromatic carbocycles. The smallest absolute Gasteiger partial charge is 0.188 e. The third-order valence-corrected chi connectivity index (χ3v) is 4.19. The molecule has 1 atom stereocenters. The Morgan fingerprint density at radius 2 is 2.47 bits per heavy atom. The Bertz CT molecular complexity index is 598. The van der Waals surface area contributed by atoms with E-state index in [1.54, 1.807) is 17.5 Å². The molecule has 1 fully saturated rings. The van der Waals surface area contributed by atoms with Gasteiger partial charge in [0.05, 0.1) is 10.3 Å². The average Bonchev–Trinajstić information content (AvgIpc) is 2.93. The first kappa shape index (κ1) is 10.5. The zero-order valence-electron chi connectivity index (χ0n) is 9.55. The first-order valence-electron chi connectivity index (χ1n) is 5.71. The molecule has 1 aliphatic rings. The lowest BCUT2D eigenvalue weighted by Gasteiger charge is -2.19. The number of nitriles is 1. The van der Waals surface area contributed by atoms with Gasteiger partial charge in [-0.2, -0.15) is 10.2 Å². The van der Waals surface area contributed by atoms with Crippen molar-refractivity contribution < 1.29 is 0 Å². The first-order chi connectivity index (χ1) is 8.28. The number of aromatic nitrogens is 2.